The molecule has 0 atom stereocenters. The molecule has 0 aliphatic carbocycles. The summed E-state index contributed by atoms with van der Waals surface area (Å²) in [6.07, 6.45) is 1.99. The van der Waals surface area contributed by atoms with Crippen LogP contribution in [0.1, 0.15) is 12.8 Å². The van der Waals surface area contributed by atoms with Gasteiger partial charge in [0.25, 0.3) is 0 Å². The Morgan fingerprint density at radius 3 is 2.53 bits per heavy atom. The van der Waals surface area contributed by atoms with E-state index in [1.54, 1.807) is 0 Å². The zero-order valence-electron chi connectivity index (χ0n) is 10.9. The fourth-order valence-corrected chi connectivity index (χ4v) is 2.56. The van der Waals surface area contributed by atoms with Crippen molar-refractivity contribution in [2.24, 2.45) is 11.7 Å². The summed E-state index contributed by atoms with van der Waals surface area (Å²) in [5.41, 5.74) is 5.54. The number of ether oxygens (including phenoxy) is 1. The Kier molecular flexibility index (Phi) is 5.22. The molecular weight excluding hydrogens is 306 g/mol. The standard InChI is InChI=1S/C14H20BrN3O/c15-12-1-3-13(4-2-12)19-10-9-18-7-5-11(6-8-18)14(16)17/h1-4,11H,5-10H2,(H3,16,17). The molecule has 0 radical (unpaired) electrons. The van der Waals surface area contributed by atoms with E-state index in [1.807, 2.05) is 24.3 Å². The molecule has 1 aliphatic heterocycles. The number of hydrogen-bond acceptors (Lipinski definition) is 3. The van der Waals surface area contributed by atoms with Crippen LogP contribution in [0.2, 0.25) is 0 Å². The molecule has 0 saturated carbocycles. The van der Waals surface area contributed by atoms with Crippen LogP contribution < -0.4 is 10.5 Å². The van der Waals surface area contributed by atoms with Crippen molar-refractivity contribution in [2.75, 3.05) is 26.2 Å². The van der Waals surface area contributed by atoms with Crippen molar-refractivity contribution < 1.29 is 4.74 Å². The zero-order valence-corrected chi connectivity index (χ0v) is 12.5. The van der Waals surface area contributed by atoms with Gasteiger partial charge in [0.2, 0.25) is 0 Å². The Morgan fingerprint density at radius 1 is 1.32 bits per heavy atom. The van der Waals surface area contributed by atoms with Crippen LogP contribution >= 0.6 is 15.9 Å². The van der Waals surface area contributed by atoms with E-state index >= 15 is 0 Å². The quantitative estimate of drug-likeness (QED) is 0.645. The first-order valence-corrected chi connectivity index (χ1v) is 7.39. The summed E-state index contributed by atoms with van der Waals surface area (Å²) in [7, 11) is 0. The van der Waals surface area contributed by atoms with Gasteiger partial charge in [-0.15, -0.1) is 0 Å². The van der Waals surface area contributed by atoms with E-state index in [9.17, 15) is 0 Å². The second-order valence-corrected chi connectivity index (χ2v) is 5.79. The van der Waals surface area contributed by atoms with Gasteiger partial charge in [0, 0.05) is 16.9 Å². The lowest BCUT2D eigenvalue weighted by atomic mass is 9.96. The molecule has 1 aliphatic rings. The Labute approximate surface area is 122 Å². The molecular formula is C14H20BrN3O. The van der Waals surface area contributed by atoms with Gasteiger partial charge in [0.15, 0.2) is 0 Å². The Morgan fingerprint density at radius 2 is 1.95 bits per heavy atom. The number of halogens is 1. The summed E-state index contributed by atoms with van der Waals surface area (Å²) in [5, 5.41) is 7.45. The minimum absolute atomic E-state index is 0.281. The van der Waals surface area contributed by atoms with E-state index in [0.717, 1.165) is 42.7 Å². The van der Waals surface area contributed by atoms with Gasteiger partial charge in [-0.3, -0.25) is 10.3 Å². The number of rotatable bonds is 5. The summed E-state index contributed by atoms with van der Waals surface area (Å²) in [4.78, 5) is 2.37. The van der Waals surface area contributed by atoms with E-state index < -0.39 is 0 Å². The molecule has 0 bridgehead atoms. The topological polar surface area (TPSA) is 62.3 Å². The number of hydrogen-bond donors (Lipinski definition) is 2. The van der Waals surface area contributed by atoms with Crippen molar-refractivity contribution in [3.63, 3.8) is 0 Å². The molecule has 19 heavy (non-hydrogen) atoms. The maximum Gasteiger partial charge on any atom is 0.119 e. The van der Waals surface area contributed by atoms with E-state index in [0.29, 0.717) is 12.4 Å². The second-order valence-electron chi connectivity index (χ2n) is 4.87. The van der Waals surface area contributed by atoms with Gasteiger partial charge in [-0.1, -0.05) is 15.9 Å². The molecule has 1 saturated heterocycles. The monoisotopic (exact) mass is 325 g/mol. The van der Waals surface area contributed by atoms with Crippen LogP contribution in [-0.4, -0.2) is 37.0 Å². The number of piperidine rings is 1. The third kappa shape index (κ3) is 4.51. The first kappa shape index (κ1) is 14.3. The lowest BCUT2D eigenvalue weighted by molar-refractivity contribution is 0.171. The summed E-state index contributed by atoms with van der Waals surface area (Å²) in [6.45, 7) is 3.65. The minimum atomic E-state index is 0.281. The first-order chi connectivity index (χ1) is 9.15. The highest BCUT2D eigenvalue weighted by molar-refractivity contribution is 9.10. The second kappa shape index (κ2) is 6.91. The van der Waals surface area contributed by atoms with Crippen molar-refractivity contribution in [1.29, 1.82) is 5.41 Å². The summed E-state index contributed by atoms with van der Waals surface area (Å²) in [5.74, 6) is 1.52. The molecule has 104 valence electrons. The number of benzene rings is 1. The number of likely N-dealkylation sites (tertiary alicyclic amines) is 1. The van der Waals surface area contributed by atoms with Gasteiger partial charge in [-0.05, 0) is 50.2 Å². The minimum Gasteiger partial charge on any atom is -0.492 e. The third-order valence-corrected chi connectivity index (χ3v) is 4.05. The van der Waals surface area contributed by atoms with E-state index in [2.05, 4.69) is 20.8 Å². The SMILES string of the molecule is N=C(N)C1CCN(CCOc2ccc(Br)cc2)CC1. The average Bonchev–Trinajstić information content (AvgIpc) is 2.41. The lowest BCUT2D eigenvalue weighted by Gasteiger charge is -2.31. The van der Waals surface area contributed by atoms with Crippen molar-refractivity contribution >= 4 is 21.8 Å². The Balaban J connectivity index is 1.67. The average molecular weight is 326 g/mol. The van der Waals surface area contributed by atoms with Crippen LogP contribution in [0.5, 0.6) is 5.75 Å². The van der Waals surface area contributed by atoms with E-state index in [1.165, 1.54) is 0 Å². The fraction of sp³-hybridized carbons (Fsp3) is 0.500. The van der Waals surface area contributed by atoms with E-state index in [4.69, 9.17) is 15.9 Å². The normalized spacial score (nSPS) is 17.3. The smallest absolute Gasteiger partial charge is 0.119 e. The largest absolute Gasteiger partial charge is 0.492 e. The third-order valence-electron chi connectivity index (χ3n) is 3.52. The maximum atomic E-state index is 7.45. The van der Waals surface area contributed by atoms with Crippen LogP contribution in [0.25, 0.3) is 0 Å². The lowest BCUT2D eigenvalue weighted by Crippen LogP contribution is -2.40. The summed E-state index contributed by atoms with van der Waals surface area (Å²) in [6, 6.07) is 7.89. The molecule has 4 nitrogen and oxygen atoms in total. The highest BCUT2D eigenvalue weighted by Crippen LogP contribution is 2.18. The molecule has 5 heteroatoms. The van der Waals surface area contributed by atoms with Crippen LogP contribution in [0.3, 0.4) is 0 Å². The van der Waals surface area contributed by atoms with Crippen molar-refractivity contribution in [3.8, 4) is 5.75 Å². The number of nitrogens with zero attached hydrogens (tertiary/aromatic N) is 1. The van der Waals surface area contributed by atoms with Gasteiger partial charge < -0.3 is 10.5 Å². The van der Waals surface area contributed by atoms with Crippen molar-refractivity contribution in [3.05, 3.63) is 28.7 Å². The van der Waals surface area contributed by atoms with Gasteiger partial charge in [-0.2, -0.15) is 0 Å². The number of nitrogens with one attached hydrogen (secondary N) is 1. The van der Waals surface area contributed by atoms with Crippen molar-refractivity contribution in [2.45, 2.75) is 12.8 Å². The Bertz CT molecular complexity index is 413. The van der Waals surface area contributed by atoms with E-state index in [-0.39, 0.29) is 5.92 Å². The molecule has 0 unspecified atom stereocenters. The van der Waals surface area contributed by atoms with Crippen LogP contribution in [0.15, 0.2) is 28.7 Å². The fourth-order valence-electron chi connectivity index (χ4n) is 2.29. The molecule has 1 aromatic carbocycles. The highest BCUT2D eigenvalue weighted by Gasteiger charge is 2.20. The molecule has 1 heterocycles. The molecule has 0 aromatic heterocycles. The zero-order chi connectivity index (χ0) is 13.7. The van der Waals surface area contributed by atoms with Crippen LogP contribution in [0.4, 0.5) is 0 Å². The molecule has 1 aromatic rings. The van der Waals surface area contributed by atoms with Gasteiger partial charge in [-0.25, -0.2) is 0 Å². The predicted octanol–water partition coefficient (Wildman–Crippen LogP) is 2.48. The van der Waals surface area contributed by atoms with Gasteiger partial charge in [0.1, 0.15) is 12.4 Å². The predicted molar refractivity (Wildman–Crippen MR) is 80.7 cm³/mol. The number of nitrogens with two attached hydrogens (primary N) is 1. The van der Waals surface area contributed by atoms with Crippen LogP contribution in [-0.2, 0) is 0 Å². The Hall–Kier alpha value is -1.07. The maximum absolute atomic E-state index is 7.45. The van der Waals surface area contributed by atoms with Gasteiger partial charge in [0.05, 0.1) is 5.84 Å². The summed E-state index contributed by atoms with van der Waals surface area (Å²) < 4.78 is 6.77. The highest BCUT2D eigenvalue weighted by atomic mass is 79.9. The first-order valence-electron chi connectivity index (χ1n) is 6.60. The molecule has 1 fully saturated rings. The van der Waals surface area contributed by atoms with Crippen LogP contribution in [0, 0.1) is 11.3 Å². The molecule has 0 amide bonds. The molecule has 2 rings (SSSR count). The summed E-state index contributed by atoms with van der Waals surface area (Å²) >= 11 is 3.40. The number of amidine groups is 1. The van der Waals surface area contributed by atoms with Crippen molar-refractivity contribution in [1.82, 2.24) is 4.90 Å². The molecule has 0 spiro atoms. The molecule has 3 N–H and O–H groups in total. The van der Waals surface area contributed by atoms with Gasteiger partial charge >= 0.3 is 0 Å².